The van der Waals surface area contributed by atoms with Gasteiger partial charge in [-0.15, -0.1) is 11.7 Å². The van der Waals surface area contributed by atoms with Gasteiger partial charge in [-0.1, -0.05) is 24.6 Å². The van der Waals surface area contributed by atoms with Crippen molar-refractivity contribution in [1.29, 1.82) is 0 Å². The minimum absolute atomic E-state index is 0.151. The number of carboxylic acids is 1. The standard InChI is InChI=1S/C7H14O2S2/c1-5(4-7(8)9)3-6(2)11-10/h5-6,10H,3-4H2,1-2H3,(H,8,9)/p-1. The van der Waals surface area contributed by atoms with Crippen molar-refractivity contribution in [3.05, 3.63) is 0 Å². The van der Waals surface area contributed by atoms with Gasteiger partial charge in [0.05, 0.1) is 0 Å². The summed E-state index contributed by atoms with van der Waals surface area (Å²) in [6, 6.07) is 0. The van der Waals surface area contributed by atoms with Crippen LogP contribution in [-0.4, -0.2) is 11.2 Å². The van der Waals surface area contributed by atoms with Crippen LogP contribution in [0.2, 0.25) is 0 Å². The van der Waals surface area contributed by atoms with Crippen LogP contribution in [-0.2, 0) is 4.79 Å². The van der Waals surface area contributed by atoms with E-state index in [1.165, 1.54) is 10.8 Å². The molecule has 0 N–H and O–H groups in total. The molecule has 0 aliphatic heterocycles. The van der Waals surface area contributed by atoms with E-state index in [2.05, 4.69) is 11.7 Å². The predicted octanol–water partition coefficient (Wildman–Crippen LogP) is 1.12. The molecule has 0 aromatic heterocycles. The number of carboxylic acid groups (broad SMARTS) is 1. The maximum Gasteiger partial charge on any atom is 0.0416 e. The minimum atomic E-state index is -0.964. The Balaban J connectivity index is 3.51. The van der Waals surface area contributed by atoms with Crippen molar-refractivity contribution in [2.75, 3.05) is 0 Å². The molecule has 0 saturated heterocycles. The van der Waals surface area contributed by atoms with Crippen molar-refractivity contribution in [2.24, 2.45) is 5.92 Å². The summed E-state index contributed by atoms with van der Waals surface area (Å²) in [4.78, 5) is 10.1. The Hall–Kier alpha value is 0.170. The van der Waals surface area contributed by atoms with Gasteiger partial charge in [0, 0.05) is 11.2 Å². The van der Waals surface area contributed by atoms with Crippen LogP contribution in [0.5, 0.6) is 0 Å². The molecule has 0 radical (unpaired) electrons. The molecule has 0 fully saturated rings. The lowest BCUT2D eigenvalue weighted by Crippen LogP contribution is -2.25. The van der Waals surface area contributed by atoms with Crippen LogP contribution in [0.3, 0.4) is 0 Å². The number of carbonyl (C=O) groups is 1. The predicted molar refractivity (Wildman–Crippen MR) is 49.4 cm³/mol. The normalized spacial score (nSPS) is 15.9. The van der Waals surface area contributed by atoms with Crippen molar-refractivity contribution >= 4 is 28.4 Å². The number of hydrogen-bond acceptors (Lipinski definition) is 4. The van der Waals surface area contributed by atoms with E-state index < -0.39 is 5.97 Å². The number of rotatable bonds is 5. The smallest absolute Gasteiger partial charge is 0.0416 e. The van der Waals surface area contributed by atoms with Crippen molar-refractivity contribution < 1.29 is 9.90 Å². The van der Waals surface area contributed by atoms with Crippen molar-refractivity contribution in [3.8, 4) is 0 Å². The summed E-state index contributed by atoms with van der Waals surface area (Å²) in [5.74, 6) is -0.775. The van der Waals surface area contributed by atoms with E-state index in [4.69, 9.17) is 0 Å². The third-order valence-corrected chi connectivity index (χ3v) is 3.06. The average molecular weight is 193 g/mol. The molecule has 2 unspecified atom stereocenters. The SMILES string of the molecule is CC(CC(=O)[O-])CC(C)SS. The quantitative estimate of drug-likeness (QED) is 0.525. The average Bonchev–Trinajstić information content (AvgIpc) is 1.85. The third-order valence-electron chi connectivity index (χ3n) is 1.43. The van der Waals surface area contributed by atoms with Gasteiger partial charge in [0.15, 0.2) is 0 Å². The zero-order chi connectivity index (χ0) is 8.85. The fraction of sp³-hybridized carbons (Fsp3) is 0.857. The van der Waals surface area contributed by atoms with Crippen LogP contribution >= 0.6 is 22.5 Å². The van der Waals surface area contributed by atoms with Crippen molar-refractivity contribution in [3.63, 3.8) is 0 Å². The van der Waals surface area contributed by atoms with E-state index in [1.54, 1.807) is 0 Å². The second-order valence-electron chi connectivity index (χ2n) is 2.83. The molecule has 0 saturated carbocycles. The highest BCUT2D eigenvalue weighted by atomic mass is 33.1. The summed E-state index contributed by atoms with van der Waals surface area (Å²) in [6.45, 7) is 3.94. The van der Waals surface area contributed by atoms with Gasteiger partial charge in [-0.3, -0.25) is 0 Å². The van der Waals surface area contributed by atoms with E-state index in [9.17, 15) is 9.90 Å². The van der Waals surface area contributed by atoms with E-state index in [-0.39, 0.29) is 12.3 Å². The molecule has 4 heteroatoms. The van der Waals surface area contributed by atoms with Gasteiger partial charge in [0.2, 0.25) is 0 Å². The molecule has 0 aliphatic rings. The Labute approximate surface area is 76.6 Å². The highest BCUT2D eigenvalue weighted by molar-refractivity contribution is 8.68. The lowest BCUT2D eigenvalue weighted by molar-refractivity contribution is -0.306. The van der Waals surface area contributed by atoms with E-state index in [0.717, 1.165) is 6.42 Å². The monoisotopic (exact) mass is 193 g/mol. The summed E-state index contributed by atoms with van der Waals surface area (Å²) in [5, 5.41) is 10.6. The number of aliphatic carboxylic acids is 1. The highest BCUT2D eigenvalue weighted by Gasteiger charge is 2.07. The molecule has 0 bridgehead atoms. The second kappa shape index (κ2) is 5.77. The lowest BCUT2D eigenvalue weighted by Gasteiger charge is -2.14. The first-order chi connectivity index (χ1) is 5.06. The Kier molecular flexibility index (Phi) is 5.86. The summed E-state index contributed by atoms with van der Waals surface area (Å²) >= 11 is 4.03. The van der Waals surface area contributed by atoms with Crippen LogP contribution in [0.15, 0.2) is 0 Å². The Morgan fingerprint density at radius 1 is 1.64 bits per heavy atom. The van der Waals surface area contributed by atoms with E-state index >= 15 is 0 Å². The van der Waals surface area contributed by atoms with Crippen LogP contribution < -0.4 is 5.11 Å². The van der Waals surface area contributed by atoms with Gasteiger partial charge < -0.3 is 9.90 Å². The van der Waals surface area contributed by atoms with Gasteiger partial charge in [0.25, 0.3) is 0 Å². The molecule has 2 nitrogen and oxygen atoms in total. The van der Waals surface area contributed by atoms with Crippen LogP contribution in [0.1, 0.15) is 26.7 Å². The molecular formula is C7H13O2S2-. The van der Waals surface area contributed by atoms with Gasteiger partial charge >= 0.3 is 0 Å². The molecule has 0 aliphatic carbocycles. The number of thiol groups is 1. The molecule has 0 spiro atoms. The summed E-state index contributed by atoms with van der Waals surface area (Å²) < 4.78 is 0. The Morgan fingerprint density at radius 2 is 2.18 bits per heavy atom. The molecule has 66 valence electrons. The van der Waals surface area contributed by atoms with Crippen LogP contribution in [0.25, 0.3) is 0 Å². The van der Waals surface area contributed by atoms with Gasteiger partial charge in [-0.2, -0.15) is 0 Å². The minimum Gasteiger partial charge on any atom is -0.550 e. The number of hydrogen-bond donors (Lipinski definition) is 1. The molecule has 2 atom stereocenters. The molecule has 0 amide bonds. The zero-order valence-electron chi connectivity index (χ0n) is 6.74. The first kappa shape index (κ1) is 11.2. The largest absolute Gasteiger partial charge is 0.550 e. The first-order valence-corrected chi connectivity index (χ1v) is 5.49. The summed E-state index contributed by atoms with van der Waals surface area (Å²) in [6.07, 6.45) is 1.03. The maximum absolute atomic E-state index is 10.1. The van der Waals surface area contributed by atoms with Crippen molar-refractivity contribution in [2.45, 2.75) is 31.9 Å². The second-order valence-corrected chi connectivity index (χ2v) is 4.48. The topological polar surface area (TPSA) is 40.1 Å². The first-order valence-electron chi connectivity index (χ1n) is 3.56. The lowest BCUT2D eigenvalue weighted by atomic mass is 10.0. The van der Waals surface area contributed by atoms with Crippen LogP contribution in [0.4, 0.5) is 0 Å². The summed E-state index contributed by atoms with van der Waals surface area (Å²) in [7, 11) is 1.46. The van der Waals surface area contributed by atoms with Crippen LogP contribution in [0, 0.1) is 5.92 Å². The van der Waals surface area contributed by atoms with Gasteiger partial charge in [-0.05, 0) is 18.8 Å². The van der Waals surface area contributed by atoms with E-state index in [0.29, 0.717) is 5.25 Å². The van der Waals surface area contributed by atoms with Crippen molar-refractivity contribution in [1.82, 2.24) is 0 Å². The maximum atomic E-state index is 10.1. The fourth-order valence-corrected chi connectivity index (χ4v) is 1.65. The zero-order valence-corrected chi connectivity index (χ0v) is 8.45. The third kappa shape index (κ3) is 6.56. The molecule has 0 aromatic rings. The molecule has 0 aromatic carbocycles. The fourth-order valence-electron chi connectivity index (χ4n) is 0.978. The molecule has 0 heterocycles. The van der Waals surface area contributed by atoms with E-state index in [1.807, 2.05) is 13.8 Å². The Morgan fingerprint density at radius 3 is 2.55 bits per heavy atom. The Bertz CT molecular complexity index is 128. The van der Waals surface area contributed by atoms with Gasteiger partial charge in [-0.25, -0.2) is 0 Å². The van der Waals surface area contributed by atoms with Gasteiger partial charge in [0.1, 0.15) is 0 Å². The number of carbonyl (C=O) groups excluding carboxylic acids is 1. The summed E-state index contributed by atoms with van der Waals surface area (Å²) in [5.41, 5.74) is 0. The highest BCUT2D eigenvalue weighted by Crippen LogP contribution is 2.22. The molecular weight excluding hydrogens is 180 g/mol. The molecule has 0 rings (SSSR count). The molecule has 11 heavy (non-hydrogen) atoms.